The van der Waals surface area contributed by atoms with E-state index in [1.165, 1.54) is 12.2 Å². The number of Topliss-reactive ketones (excluding diaryl/α,β-unsaturated/α-hetero) is 1. The summed E-state index contributed by atoms with van der Waals surface area (Å²) in [5.74, 6) is 0.280. The predicted octanol–water partition coefficient (Wildman–Crippen LogP) is 4.50. The van der Waals surface area contributed by atoms with Crippen LogP contribution in [0.4, 0.5) is 0 Å². The van der Waals surface area contributed by atoms with Crippen LogP contribution < -0.4 is 5.73 Å². The lowest BCUT2D eigenvalue weighted by Gasteiger charge is -2.33. The zero-order chi connectivity index (χ0) is 25.6. The third kappa shape index (κ3) is 9.09. The Morgan fingerprint density at radius 2 is 1.44 bits per heavy atom. The number of rotatable bonds is 2. The molecule has 0 aromatic heterocycles. The molecule has 2 aliphatic carbocycles. The largest absolute Gasteiger partial charge is 0.388 e. The first kappa shape index (κ1) is 31.6. The monoisotopic (exact) mass is 473 g/mol. The van der Waals surface area contributed by atoms with Crippen LogP contribution in [0.15, 0.2) is 53.6 Å². The van der Waals surface area contributed by atoms with Gasteiger partial charge in [0.1, 0.15) is 0 Å². The van der Waals surface area contributed by atoms with Gasteiger partial charge in [0.15, 0.2) is 17.3 Å². The van der Waals surface area contributed by atoms with E-state index in [0.717, 1.165) is 11.1 Å². The Morgan fingerprint density at radius 3 is 1.88 bits per heavy atom. The molecule has 6 nitrogen and oxygen atoms in total. The second-order valence-electron chi connectivity index (χ2n) is 10.3. The predicted molar refractivity (Wildman–Crippen MR) is 137 cm³/mol. The van der Waals surface area contributed by atoms with Gasteiger partial charge in [-0.25, -0.2) is 0 Å². The van der Waals surface area contributed by atoms with E-state index in [2.05, 4.69) is 0 Å². The molecule has 1 aromatic carbocycles. The first-order valence-electron chi connectivity index (χ1n) is 11.2. The summed E-state index contributed by atoms with van der Waals surface area (Å²) in [4.78, 5) is 33.4. The van der Waals surface area contributed by atoms with E-state index >= 15 is 0 Å². The topological polar surface area (TPSA) is 118 Å². The van der Waals surface area contributed by atoms with E-state index in [-0.39, 0.29) is 36.2 Å². The number of allylic oxidation sites excluding steroid dienone is 3. The average molecular weight is 474 g/mol. The fourth-order valence-electron chi connectivity index (χ4n) is 3.91. The number of carbonyl (C=O) groups excluding carboxylic acids is 3. The van der Waals surface area contributed by atoms with Gasteiger partial charge in [0.05, 0.1) is 12.2 Å². The quantitative estimate of drug-likeness (QED) is 0.582. The molecular formula is C28H43NO5. The van der Waals surface area contributed by atoms with E-state index in [9.17, 15) is 24.6 Å². The summed E-state index contributed by atoms with van der Waals surface area (Å²) in [5.41, 5.74) is 7.01. The van der Waals surface area contributed by atoms with Crippen LogP contribution in [0.1, 0.15) is 80.4 Å². The van der Waals surface area contributed by atoms with E-state index < -0.39 is 17.6 Å². The van der Waals surface area contributed by atoms with Crippen molar-refractivity contribution < 1.29 is 24.6 Å². The van der Waals surface area contributed by atoms with Crippen molar-refractivity contribution in [3.63, 3.8) is 0 Å². The molecule has 0 unspecified atom stereocenters. The third-order valence-corrected chi connectivity index (χ3v) is 5.80. The molecule has 3 atom stereocenters. The molecule has 0 heterocycles. The zero-order valence-corrected chi connectivity index (χ0v) is 20.9. The molecule has 0 radical (unpaired) electrons. The highest BCUT2D eigenvalue weighted by Crippen LogP contribution is 2.33. The number of ketones is 3. The summed E-state index contributed by atoms with van der Waals surface area (Å²) in [7, 11) is 0. The van der Waals surface area contributed by atoms with Crippen molar-refractivity contribution in [1.29, 1.82) is 0 Å². The van der Waals surface area contributed by atoms with Gasteiger partial charge in [-0.2, -0.15) is 0 Å². The maximum atomic E-state index is 11.4. The van der Waals surface area contributed by atoms with Gasteiger partial charge in [-0.15, -0.1) is 0 Å². The van der Waals surface area contributed by atoms with Crippen LogP contribution in [0, 0.1) is 10.8 Å². The molecule has 0 aliphatic heterocycles. The normalized spacial score (nSPS) is 22.4. The lowest BCUT2D eigenvalue weighted by atomic mass is 9.75. The molecular weight excluding hydrogens is 430 g/mol. The van der Waals surface area contributed by atoms with Crippen molar-refractivity contribution in [2.24, 2.45) is 16.6 Å². The standard InChI is InChI=1S/C9H13NO.C9H14O2.C9H12O2.CH4/c1-7(10)9(11)8-5-3-2-4-6-8;2*1-6-4-7(10)5-9(2,3)8(6)11;/h2-7,9,11H,10H2,1H3;4,8,11H,5H2,1-3H3;4H,5H2,1-3H3;1H4/t7-,9-;8-;;/m00../s1. The fraction of sp³-hybridized carbons (Fsp3) is 0.536. The summed E-state index contributed by atoms with van der Waals surface area (Å²) < 4.78 is 0. The molecule has 0 saturated heterocycles. The number of hydrogen-bond acceptors (Lipinski definition) is 6. The van der Waals surface area contributed by atoms with E-state index in [1.54, 1.807) is 20.8 Å². The minimum absolute atomic E-state index is 0. The van der Waals surface area contributed by atoms with Gasteiger partial charge in [-0.05, 0) is 49.6 Å². The van der Waals surface area contributed by atoms with Crippen molar-refractivity contribution in [3.8, 4) is 0 Å². The second kappa shape index (κ2) is 12.9. The summed E-state index contributed by atoms with van der Waals surface area (Å²) >= 11 is 0. The SMILES string of the molecule is C.CC1=CC(=O)CC(C)(C)C1=O.CC1=CC(=O)CC(C)(C)[C@H]1O.C[C@H](N)[C@H](O)c1ccccc1. The lowest BCUT2D eigenvalue weighted by molar-refractivity contribution is -0.129. The molecule has 190 valence electrons. The number of nitrogens with two attached hydrogens (primary N) is 1. The highest BCUT2D eigenvalue weighted by molar-refractivity contribution is 6.10. The summed E-state index contributed by atoms with van der Waals surface area (Å²) in [6, 6.07) is 9.22. The Labute approximate surface area is 204 Å². The van der Waals surface area contributed by atoms with Crippen molar-refractivity contribution in [3.05, 3.63) is 59.2 Å². The molecule has 1 aromatic rings. The first-order chi connectivity index (χ1) is 15.1. The Kier molecular flexibility index (Phi) is 12.0. The van der Waals surface area contributed by atoms with Crippen molar-refractivity contribution >= 4 is 17.3 Å². The highest BCUT2D eigenvalue weighted by Gasteiger charge is 2.35. The summed E-state index contributed by atoms with van der Waals surface area (Å²) in [6.45, 7) is 12.7. The molecule has 0 spiro atoms. The third-order valence-electron chi connectivity index (χ3n) is 5.80. The van der Waals surface area contributed by atoms with Gasteiger partial charge in [-0.1, -0.05) is 65.5 Å². The number of aliphatic hydroxyl groups is 2. The molecule has 0 bridgehead atoms. The van der Waals surface area contributed by atoms with Gasteiger partial charge < -0.3 is 15.9 Å². The van der Waals surface area contributed by atoms with Crippen molar-refractivity contribution in [2.75, 3.05) is 0 Å². The Hall–Kier alpha value is -2.41. The van der Waals surface area contributed by atoms with Gasteiger partial charge >= 0.3 is 0 Å². The molecule has 0 fully saturated rings. The Balaban J connectivity index is 0.000000473. The van der Waals surface area contributed by atoms with Crippen LogP contribution in [-0.2, 0) is 14.4 Å². The van der Waals surface area contributed by atoms with Gasteiger partial charge in [-0.3, -0.25) is 14.4 Å². The highest BCUT2D eigenvalue weighted by atomic mass is 16.3. The number of aliphatic hydroxyl groups excluding tert-OH is 2. The fourth-order valence-corrected chi connectivity index (χ4v) is 3.91. The molecule has 0 amide bonds. The number of carbonyl (C=O) groups is 3. The summed E-state index contributed by atoms with van der Waals surface area (Å²) in [5, 5.41) is 19.1. The maximum Gasteiger partial charge on any atom is 0.164 e. The molecule has 6 heteroatoms. The number of benzene rings is 1. The molecule has 2 aliphatic rings. The Bertz CT molecular complexity index is 910. The van der Waals surface area contributed by atoms with E-state index in [0.29, 0.717) is 18.4 Å². The van der Waals surface area contributed by atoms with Crippen LogP contribution in [0.2, 0.25) is 0 Å². The second-order valence-corrected chi connectivity index (χ2v) is 10.3. The van der Waals surface area contributed by atoms with Crippen molar-refractivity contribution in [2.45, 2.75) is 87.0 Å². The number of hydrogen-bond donors (Lipinski definition) is 3. The molecule has 0 saturated carbocycles. The smallest absolute Gasteiger partial charge is 0.164 e. The van der Waals surface area contributed by atoms with Crippen LogP contribution >= 0.6 is 0 Å². The first-order valence-corrected chi connectivity index (χ1v) is 11.2. The van der Waals surface area contributed by atoms with Gasteiger partial charge in [0.2, 0.25) is 0 Å². The molecule has 3 rings (SSSR count). The average Bonchev–Trinajstić information content (AvgIpc) is 2.70. The van der Waals surface area contributed by atoms with E-state index in [1.807, 2.05) is 58.0 Å². The van der Waals surface area contributed by atoms with Gasteiger partial charge in [0.25, 0.3) is 0 Å². The molecule has 4 N–H and O–H groups in total. The van der Waals surface area contributed by atoms with E-state index in [4.69, 9.17) is 5.73 Å². The lowest BCUT2D eigenvalue weighted by Crippen LogP contribution is -2.35. The maximum absolute atomic E-state index is 11.4. The minimum atomic E-state index is -0.545. The van der Waals surface area contributed by atoms with Crippen LogP contribution in [0.5, 0.6) is 0 Å². The summed E-state index contributed by atoms with van der Waals surface area (Å²) in [6.07, 6.45) is 2.77. The van der Waals surface area contributed by atoms with Gasteiger partial charge in [0, 0.05) is 29.7 Å². The molecule has 34 heavy (non-hydrogen) atoms. The van der Waals surface area contributed by atoms with Crippen LogP contribution in [-0.4, -0.2) is 39.7 Å². The van der Waals surface area contributed by atoms with Crippen LogP contribution in [0.3, 0.4) is 0 Å². The zero-order valence-electron chi connectivity index (χ0n) is 20.9. The van der Waals surface area contributed by atoms with Crippen molar-refractivity contribution in [1.82, 2.24) is 0 Å². The Morgan fingerprint density at radius 1 is 0.941 bits per heavy atom. The minimum Gasteiger partial charge on any atom is -0.388 e. The van der Waals surface area contributed by atoms with Crippen LogP contribution in [0.25, 0.3) is 0 Å².